The van der Waals surface area contributed by atoms with Crippen molar-refractivity contribution in [3.63, 3.8) is 0 Å². The van der Waals surface area contributed by atoms with Gasteiger partial charge in [-0.1, -0.05) is 56.0 Å². The summed E-state index contributed by atoms with van der Waals surface area (Å²) in [5, 5.41) is 3.57. The van der Waals surface area contributed by atoms with E-state index in [1.807, 2.05) is 43.3 Å². The fourth-order valence-corrected chi connectivity index (χ4v) is 3.85. The van der Waals surface area contributed by atoms with Crippen LogP contribution in [0, 0.1) is 0 Å². The van der Waals surface area contributed by atoms with Crippen molar-refractivity contribution in [3.05, 3.63) is 77.1 Å². The van der Waals surface area contributed by atoms with Crippen molar-refractivity contribution in [2.75, 3.05) is 5.32 Å². The second-order valence-corrected chi connectivity index (χ2v) is 8.45. The van der Waals surface area contributed by atoms with Crippen LogP contribution in [0.3, 0.4) is 0 Å². The molecule has 0 bridgehead atoms. The van der Waals surface area contributed by atoms with E-state index >= 15 is 0 Å². The predicted octanol–water partition coefficient (Wildman–Crippen LogP) is 4.83. The molecule has 1 amide bonds. The second kappa shape index (κ2) is 9.09. The molecule has 29 heavy (non-hydrogen) atoms. The van der Waals surface area contributed by atoms with Crippen LogP contribution in [0.1, 0.15) is 32.3 Å². The Morgan fingerprint density at radius 2 is 1.86 bits per heavy atom. The topological polar surface area (TPSA) is 64.0 Å². The van der Waals surface area contributed by atoms with E-state index in [9.17, 15) is 9.59 Å². The van der Waals surface area contributed by atoms with E-state index in [4.69, 9.17) is 0 Å². The van der Waals surface area contributed by atoms with Gasteiger partial charge in [0.1, 0.15) is 0 Å². The van der Waals surface area contributed by atoms with E-state index in [0.29, 0.717) is 28.5 Å². The van der Waals surface area contributed by atoms with Gasteiger partial charge >= 0.3 is 0 Å². The van der Waals surface area contributed by atoms with E-state index in [2.05, 4.69) is 30.7 Å². The molecule has 1 heterocycles. The summed E-state index contributed by atoms with van der Waals surface area (Å²) in [7, 11) is 0. The highest BCUT2D eigenvalue weighted by atomic mass is 32.2. The minimum atomic E-state index is -0.427. The zero-order valence-electron chi connectivity index (χ0n) is 16.9. The Morgan fingerprint density at radius 1 is 1.17 bits per heavy atom. The lowest BCUT2D eigenvalue weighted by molar-refractivity contribution is -0.115. The summed E-state index contributed by atoms with van der Waals surface area (Å²) in [5.41, 5.74) is 2.47. The Kier molecular flexibility index (Phi) is 6.54. The molecule has 0 radical (unpaired) electrons. The number of nitrogens with one attached hydrogen (secondary N) is 1. The van der Waals surface area contributed by atoms with Crippen LogP contribution in [0.25, 0.3) is 10.9 Å². The Labute approximate surface area is 174 Å². The summed E-state index contributed by atoms with van der Waals surface area (Å²) in [6.07, 6.45) is 1.66. The van der Waals surface area contributed by atoms with Gasteiger partial charge < -0.3 is 5.32 Å². The van der Waals surface area contributed by atoms with E-state index < -0.39 is 5.25 Å². The van der Waals surface area contributed by atoms with Crippen LogP contribution < -0.4 is 10.9 Å². The van der Waals surface area contributed by atoms with Gasteiger partial charge in [-0.05, 0) is 42.7 Å². The van der Waals surface area contributed by atoms with Gasteiger partial charge in [-0.15, -0.1) is 6.58 Å². The summed E-state index contributed by atoms with van der Waals surface area (Å²) >= 11 is 1.27. The van der Waals surface area contributed by atoms with Crippen LogP contribution in [0.5, 0.6) is 0 Å². The zero-order valence-corrected chi connectivity index (χ0v) is 17.7. The molecule has 1 aromatic heterocycles. The Bertz CT molecular complexity index is 1090. The lowest BCUT2D eigenvalue weighted by Crippen LogP contribution is -2.26. The number of anilines is 1. The number of carbonyl (C=O) groups is 1. The molecule has 0 saturated carbocycles. The van der Waals surface area contributed by atoms with Gasteiger partial charge in [0.05, 0.1) is 16.2 Å². The number of thioether (sulfide) groups is 1. The zero-order chi connectivity index (χ0) is 21.0. The number of fused-ring (bicyclic) bond motifs is 1. The Hall–Kier alpha value is -2.86. The van der Waals surface area contributed by atoms with Gasteiger partial charge in [0.25, 0.3) is 5.56 Å². The minimum absolute atomic E-state index is 0.130. The third-order valence-electron chi connectivity index (χ3n) is 4.63. The summed E-state index contributed by atoms with van der Waals surface area (Å²) in [5.74, 6) is 0.301. The number of allylic oxidation sites excluding steroid dienone is 1. The largest absolute Gasteiger partial charge is 0.325 e. The predicted molar refractivity (Wildman–Crippen MR) is 121 cm³/mol. The first kappa shape index (κ1) is 20.9. The molecular formula is C23H25N3O2S. The molecule has 0 unspecified atom stereocenters. The highest BCUT2D eigenvalue weighted by Crippen LogP contribution is 2.24. The molecule has 0 spiro atoms. The molecular weight excluding hydrogens is 382 g/mol. The molecule has 1 atom stereocenters. The van der Waals surface area contributed by atoms with Gasteiger partial charge in [0.15, 0.2) is 5.16 Å². The number of hydrogen-bond acceptors (Lipinski definition) is 4. The molecule has 1 N–H and O–H groups in total. The highest BCUT2D eigenvalue weighted by Gasteiger charge is 2.19. The summed E-state index contributed by atoms with van der Waals surface area (Å²) in [4.78, 5) is 30.1. The van der Waals surface area contributed by atoms with Crippen molar-refractivity contribution in [3.8, 4) is 0 Å². The molecule has 6 heteroatoms. The highest BCUT2D eigenvalue weighted by molar-refractivity contribution is 8.00. The first-order valence-electron chi connectivity index (χ1n) is 9.58. The molecule has 0 aliphatic rings. The molecule has 150 valence electrons. The van der Waals surface area contributed by atoms with E-state index in [-0.39, 0.29) is 11.5 Å². The standard InChI is InChI=1S/C23H25N3O2S/c1-5-14-26-22(28)19-8-6-7-9-20(19)25-23(26)29-16(4)21(27)24-18-12-10-17(11-13-18)15(2)3/h5-13,15-16H,1,14H2,2-4H3,(H,24,27)/t16-/m0/s1. The van der Waals surface area contributed by atoms with Crippen LogP contribution in [-0.2, 0) is 11.3 Å². The Balaban J connectivity index is 1.82. The fourth-order valence-electron chi connectivity index (χ4n) is 2.93. The number of carbonyl (C=O) groups excluding carboxylic acids is 1. The minimum Gasteiger partial charge on any atom is -0.325 e. The lowest BCUT2D eigenvalue weighted by atomic mass is 10.0. The third-order valence-corrected chi connectivity index (χ3v) is 5.72. The van der Waals surface area contributed by atoms with Crippen LogP contribution in [0.4, 0.5) is 5.69 Å². The van der Waals surface area contributed by atoms with Crippen molar-refractivity contribution < 1.29 is 4.79 Å². The number of hydrogen-bond donors (Lipinski definition) is 1. The second-order valence-electron chi connectivity index (χ2n) is 7.14. The van der Waals surface area contributed by atoms with Gasteiger partial charge in [-0.3, -0.25) is 14.2 Å². The molecule has 3 rings (SSSR count). The lowest BCUT2D eigenvalue weighted by Gasteiger charge is -2.16. The van der Waals surface area contributed by atoms with Gasteiger partial charge in [0.2, 0.25) is 5.91 Å². The van der Waals surface area contributed by atoms with Crippen LogP contribution in [0.15, 0.2) is 71.1 Å². The number of para-hydroxylation sites is 1. The average Bonchev–Trinajstić information content (AvgIpc) is 2.71. The van der Waals surface area contributed by atoms with E-state index in [0.717, 1.165) is 5.69 Å². The molecule has 0 aliphatic heterocycles. The first-order chi connectivity index (χ1) is 13.9. The monoisotopic (exact) mass is 407 g/mol. The normalized spacial score (nSPS) is 12.1. The number of amides is 1. The van der Waals surface area contributed by atoms with Gasteiger partial charge in [-0.2, -0.15) is 0 Å². The summed E-state index contributed by atoms with van der Waals surface area (Å²) < 4.78 is 1.56. The average molecular weight is 408 g/mol. The summed E-state index contributed by atoms with van der Waals surface area (Å²) in [6.45, 7) is 10.1. The fraction of sp³-hybridized carbons (Fsp3) is 0.261. The van der Waals surface area contributed by atoms with E-state index in [1.165, 1.54) is 17.3 Å². The number of aromatic nitrogens is 2. The van der Waals surface area contributed by atoms with Gasteiger partial charge in [-0.25, -0.2) is 4.98 Å². The first-order valence-corrected chi connectivity index (χ1v) is 10.5. The van der Waals surface area contributed by atoms with Crippen molar-refractivity contribution in [2.45, 2.75) is 43.6 Å². The van der Waals surface area contributed by atoms with E-state index in [1.54, 1.807) is 22.8 Å². The molecule has 5 nitrogen and oxygen atoms in total. The SMILES string of the molecule is C=CCn1c(S[C@@H](C)C(=O)Nc2ccc(C(C)C)cc2)nc2ccccc2c1=O. The maximum atomic E-state index is 12.8. The van der Waals surface area contributed by atoms with Crippen molar-refractivity contribution >= 4 is 34.3 Å². The molecule has 2 aromatic carbocycles. The van der Waals surface area contributed by atoms with Crippen LogP contribution >= 0.6 is 11.8 Å². The summed E-state index contributed by atoms with van der Waals surface area (Å²) in [6, 6.07) is 15.1. The smallest absolute Gasteiger partial charge is 0.262 e. The van der Waals surface area contributed by atoms with Crippen molar-refractivity contribution in [1.82, 2.24) is 9.55 Å². The Morgan fingerprint density at radius 3 is 2.52 bits per heavy atom. The van der Waals surface area contributed by atoms with Crippen molar-refractivity contribution in [2.24, 2.45) is 0 Å². The maximum Gasteiger partial charge on any atom is 0.262 e. The number of nitrogens with zero attached hydrogens (tertiary/aromatic N) is 2. The van der Waals surface area contributed by atoms with Crippen LogP contribution in [0.2, 0.25) is 0 Å². The number of benzene rings is 2. The number of rotatable bonds is 7. The van der Waals surface area contributed by atoms with Gasteiger partial charge in [0, 0.05) is 12.2 Å². The molecule has 3 aromatic rings. The van der Waals surface area contributed by atoms with Crippen LogP contribution in [-0.4, -0.2) is 20.7 Å². The third kappa shape index (κ3) is 4.77. The molecule has 0 aliphatic carbocycles. The quantitative estimate of drug-likeness (QED) is 0.346. The molecule has 0 saturated heterocycles. The maximum absolute atomic E-state index is 12.8. The molecule has 0 fully saturated rings. The van der Waals surface area contributed by atoms with Crippen molar-refractivity contribution in [1.29, 1.82) is 0 Å².